The summed E-state index contributed by atoms with van der Waals surface area (Å²) >= 11 is 0. The van der Waals surface area contributed by atoms with Gasteiger partial charge in [-0.2, -0.15) is 0 Å². The smallest absolute Gasteiger partial charge is 0.132 e. The van der Waals surface area contributed by atoms with Gasteiger partial charge in [0, 0.05) is 12.8 Å². The number of benzene rings is 1. The molecule has 0 unspecified atom stereocenters. The second-order valence-corrected chi connectivity index (χ2v) is 5.87. The molecule has 0 saturated carbocycles. The van der Waals surface area contributed by atoms with E-state index in [-0.39, 0.29) is 5.41 Å². The van der Waals surface area contributed by atoms with E-state index in [9.17, 15) is 4.79 Å². The van der Waals surface area contributed by atoms with Crippen LogP contribution in [-0.4, -0.2) is 5.78 Å². The third-order valence-corrected chi connectivity index (χ3v) is 2.88. The van der Waals surface area contributed by atoms with Crippen LogP contribution in [0, 0.1) is 13.8 Å². The molecule has 1 heteroatoms. The van der Waals surface area contributed by atoms with Gasteiger partial charge in [0.2, 0.25) is 0 Å². The number of aryl methyl sites for hydroxylation is 2. The number of ketones is 1. The summed E-state index contributed by atoms with van der Waals surface area (Å²) < 4.78 is 0. The lowest BCUT2D eigenvalue weighted by molar-refractivity contribution is -0.118. The molecule has 0 heterocycles. The fourth-order valence-corrected chi connectivity index (χ4v) is 1.66. The third-order valence-electron chi connectivity index (χ3n) is 2.88. The fourth-order valence-electron chi connectivity index (χ4n) is 1.66. The monoisotopic (exact) mass is 248 g/mol. The first kappa shape index (κ1) is 16.9. The van der Waals surface area contributed by atoms with Crippen molar-refractivity contribution in [1.82, 2.24) is 0 Å². The van der Waals surface area contributed by atoms with Crippen molar-refractivity contribution in [3.05, 3.63) is 34.9 Å². The highest BCUT2D eigenvalue weighted by molar-refractivity contribution is 5.77. The van der Waals surface area contributed by atoms with Crippen molar-refractivity contribution < 1.29 is 4.79 Å². The molecular weight excluding hydrogens is 220 g/mol. The Morgan fingerprint density at radius 3 is 1.56 bits per heavy atom. The lowest BCUT2D eigenvalue weighted by atomic mass is 9.85. The lowest BCUT2D eigenvalue weighted by Crippen LogP contribution is -2.11. The van der Waals surface area contributed by atoms with Gasteiger partial charge in [0.25, 0.3) is 0 Å². The molecule has 0 spiro atoms. The molecule has 0 atom stereocenters. The second-order valence-electron chi connectivity index (χ2n) is 5.87. The predicted octanol–water partition coefficient (Wildman–Crippen LogP) is 4.98. The van der Waals surface area contributed by atoms with E-state index in [0.717, 1.165) is 0 Å². The quantitative estimate of drug-likeness (QED) is 0.721. The molecule has 18 heavy (non-hydrogen) atoms. The van der Waals surface area contributed by atoms with Crippen molar-refractivity contribution in [2.24, 2.45) is 0 Å². The van der Waals surface area contributed by atoms with E-state index in [0.29, 0.717) is 18.6 Å². The molecule has 0 aliphatic rings. The summed E-state index contributed by atoms with van der Waals surface area (Å²) in [4.78, 5) is 10.2. The summed E-state index contributed by atoms with van der Waals surface area (Å²) in [5, 5.41) is 0. The maximum absolute atomic E-state index is 10.2. The SMILES string of the molecule is CCC(=O)CC.Cc1cc(C)cc(C(C)(C)C)c1. The zero-order valence-corrected chi connectivity index (χ0v) is 13.1. The third kappa shape index (κ3) is 6.58. The molecule has 102 valence electrons. The van der Waals surface area contributed by atoms with Gasteiger partial charge >= 0.3 is 0 Å². The molecule has 0 saturated heterocycles. The highest BCUT2D eigenvalue weighted by Gasteiger charge is 2.13. The molecule has 0 radical (unpaired) electrons. The molecule has 0 amide bonds. The van der Waals surface area contributed by atoms with Crippen LogP contribution in [0.1, 0.15) is 64.2 Å². The fraction of sp³-hybridized carbons (Fsp3) is 0.588. The first-order chi connectivity index (χ1) is 8.20. The van der Waals surface area contributed by atoms with E-state index < -0.39 is 0 Å². The minimum absolute atomic E-state index is 0.275. The molecule has 0 bridgehead atoms. The summed E-state index contributed by atoms with van der Waals surface area (Å²) in [6.45, 7) is 14.8. The first-order valence-corrected chi connectivity index (χ1v) is 6.81. The van der Waals surface area contributed by atoms with Crippen LogP contribution in [-0.2, 0) is 10.2 Å². The Hall–Kier alpha value is -1.11. The van der Waals surface area contributed by atoms with Gasteiger partial charge in [-0.15, -0.1) is 0 Å². The van der Waals surface area contributed by atoms with Crippen LogP contribution < -0.4 is 0 Å². The summed E-state index contributed by atoms with van der Waals surface area (Å²) in [5.41, 5.74) is 4.43. The number of rotatable bonds is 2. The summed E-state index contributed by atoms with van der Waals surface area (Å²) in [7, 11) is 0. The Morgan fingerprint density at radius 1 is 0.944 bits per heavy atom. The van der Waals surface area contributed by atoms with Crippen LogP contribution in [0.3, 0.4) is 0 Å². The molecule has 0 aliphatic heterocycles. The zero-order chi connectivity index (χ0) is 14.3. The Morgan fingerprint density at radius 2 is 1.33 bits per heavy atom. The van der Waals surface area contributed by atoms with E-state index in [1.54, 1.807) is 0 Å². The lowest BCUT2D eigenvalue weighted by Gasteiger charge is -2.20. The summed E-state index contributed by atoms with van der Waals surface area (Å²) in [6.07, 6.45) is 1.38. The number of carbonyl (C=O) groups is 1. The molecule has 0 aliphatic carbocycles. The predicted molar refractivity (Wildman–Crippen MR) is 80.2 cm³/mol. The van der Waals surface area contributed by atoms with E-state index >= 15 is 0 Å². The van der Waals surface area contributed by atoms with Crippen LogP contribution >= 0.6 is 0 Å². The number of carbonyl (C=O) groups excluding carboxylic acids is 1. The van der Waals surface area contributed by atoms with Gasteiger partial charge in [0.1, 0.15) is 5.78 Å². The molecule has 1 nitrogen and oxygen atoms in total. The molecule has 1 aromatic rings. The van der Waals surface area contributed by atoms with Gasteiger partial charge in [-0.1, -0.05) is 63.9 Å². The van der Waals surface area contributed by atoms with Gasteiger partial charge in [0.15, 0.2) is 0 Å². The summed E-state index contributed by atoms with van der Waals surface area (Å²) in [6, 6.07) is 6.76. The van der Waals surface area contributed by atoms with E-state index in [2.05, 4.69) is 52.8 Å². The minimum atomic E-state index is 0.275. The topological polar surface area (TPSA) is 17.1 Å². The second kappa shape index (κ2) is 7.35. The van der Waals surface area contributed by atoms with Crippen molar-refractivity contribution >= 4 is 5.78 Å². The van der Waals surface area contributed by atoms with Gasteiger partial charge < -0.3 is 0 Å². The van der Waals surface area contributed by atoms with Crippen LogP contribution in [0.4, 0.5) is 0 Å². The minimum Gasteiger partial charge on any atom is -0.300 e. The maximum Gasteiger partial charge on any atom is 0.132 e. The van der Waals surface area contributed by atoms with Gasteiger partial charge in [-0.25, -0.2) is 0 Å². The van der Waals surface area contributed by atoms with Crippen LogP contribution in [0.5, 0.6) is 0 Å². The van der Waals surface area contributed by atoms with Crippen LogP contribution in [0.15, 0.2) is 18.2 Å². The Bertz CT molecular complexity index is 357. The molecule has 1 aromatic carbocycles. The first-order valence-electron chi connectivity index (χ1n) is 6.81. The number of Topliss-reactive ketones (excluding diaryl/α,β-unsaturated/α-hetero) is 1. The van der Waals surface area contributed by atoms with Crippen molar-refractivity contribution in [3.63, 3.8) is 0 Å². The number of hydrogen-bond donors (Lipinski definition) is 0. The van der Waals surface area contributed by atoms with Crippen molar-refractivity contribution in [2.75, 3.05) is 0 Å². The van der Waals surface area contributed by atoms with E-state index in [4.69, 9.17) is 0 Å². The van der Waals surface area contributed by atoms with Crippen molar-refractivity contribution in [1.29, 1.82) is 0 Å². The van der Waals surface area contributed by atoms with Crippen LogP contribution in [0.2, 0.25) is 0 Å². The zero-order valence-electron chi connectivity index (χ0n) is 13.1. The largest absolute Gasteiger partial charge is 0.300 e. The van der Waals surface area contributed by atoms with Crippen molar-refractivity contribution in [2.45, 2.75) is 66.7 Å². The molecule has 0 N–H and O–H groups in total. The maximum atomic E-state index is 10.2. The number of hydrogen-bond acceptors (Lipinski definition) is 1. The molecule has 0 fully saturated rings. The highest BCUT2D eigenvalue weighted by atomic mass is 16.1. The van der Waals surface area contributed by atoms with E-state index in [1.807, 2.05) is 13.8 Å². The van der Waals surface area contributed by atoms with Crippen molar-refractivity contribution in [3.8, 4) is 0 Å². The average molecular weight is 248 g/mol. The standard InChI is InChI=1S/C12H18.C5H10O/c1-9-6-10(2)8-11(7-9)12(3,4)5;1-3-5(6)4-2/h6-8H,1-5H3;3-4H2,1-2H3. The Kier molecular flexibility index (Phi) is 6.90. The normalized spacial score (nSPS) is 10.6. The Balaban J connectivity index is 0.000000411. The highest BCUT2D eigenvalue weighted by Crippen LogP contribution is 2.23. The molecule has 0 aromatic heterocycles. The summed E-state index contributed by atoms with van der Waals surface area (Å²) in [5.74, 6) is 0.343. The van der Waals surface area contributed by atoms with E-state index in [1.165, 1.54) is 16.7 Å². The molecular formula is C17H28O. The van der Waals surface area contributed by atoms with Gasteiger partial charge in [-0.05, 0) is 24.8 Å². The average Bonchev–Trinajstić information content (AvgIpc) is 2.26. The van der Waals surface area contributed by atoms with Gasteiger partial charge in [-0.3, -0.25) is 4.79 Å². The molecule has 1 rings (SSSR count). The van der Waals surface area contributed by atoms with Gasteiger partial charge in [0.05, 0.1) is 0 Å². The Labute approximate surface area is 113 Å². The van der Waals surface area contributed by atoms with Crippen LogP contribution in [0.25, 0.3) is 0 Å².